The molecular weight excluding hydrogens is 286 g/mol. The number of carbonyl (C=O) groups excluding carboxylic acids is 1. The van der Waals surface area contributed by atoms with Gasteiger partial charge in [0.2, 0.25) is 5.91 Å². The van der Waals surface area contributed by atoms with Crippen molar-refractivity contribution in [3.05, 3.63) is 35.9 Å². The Kier molecular flexibility index (Phi) is 5.34. The molecule has 1 saturated heterocycles. The van der Waals surface area contributed by atoms with Crippen LogP contribution in [0.15, 0.2) is 30.3 Å². The van der Waals surface area contributed by atoms with Gasteiger partial charge in [-0.25, -0.2) is 0 Å². The molecular formula is C19H29N3O. The molecule has 0 radical (unpaired) electrons. The van der Waals surface area contributed by atoms with Gasteiger partial charge in [0.1, 0.15) is 0 Å². The van der Waals surface area contributed by atoms with Crippen molar-refractivity contribution in [1.82, 2.24) is 10.2 Å². The van der Waals surface area contributed by atoms with Crippen LogP contribution in [-0.4, -0.2) is 36.5 Å². The SMILES string of the molecule is NCC1(C(=O)NC2CCCN(Cc3ccccc3)C2)CCCC1. The minimum Gasteiger partial charge on any atom is -0.352 e. The van der Waals surface area contributed by atoms with Crippen LogP contribution in [0.3, 0.4) is 0 Å². The maximum atomic E-state index is 12.7. The molecule has 1 aromatic carbocycles. The number of nitrogens with two attached hydrogens (primary N) is 1. The summed E-state index contributed by atoms with van der Waals surface area (Å²) in [6.07, 6.45) is 6.40. The van der Waals surface area contributed by atoms with Crippen LogP contribution in [0, 0.1) is 5.41 Å². The molecule has 0 bridgehead atoms. The van der Waals surface area contributed by atoms with Crippen molar-refractivity contribution >= 4 is 5.91 Å². The van der Waals surface area contributed by atoms with Gasteiger partial charge in [-0.3, -0.25) is 9.69 Å². The number of rotatable bonds is 5. The number of benzene rings is 1. The molecule has 1 amide bonds. The normalized spacial score (nSPS) is 24.5. The predicted octanol–water partition coefficient (Wildman–Crippen LogP) is 2.29. The fraction of sp³-hybridized carbons (Fsp3) is 0.632. The van der Waals surface area contributed by atoms with E-state index in [9.17, 15) is 4.79 Å². The van der Waals surface area contributed by atoms with Crippen molar-refractivity contribution in [2.24, 2.45) is 11.1 Å². The largest absolute Gasteiger partial charge is 0.352 e. The first-order chi connectivity index (χ1) is 11.2. The third-order valence-corrected chi connectivity index (χ3v) is 5.52. The van der Waals surface area contributed by atoms with E-state index in [1.165, 1.54) is 5.56 Å². The second-order valence-electron chi connectivity index (χ2n) is 7.22. The van der Waals surface area contributed by atoms with E-state index >= 15 is 0 Å². The zero-order valence-electron chi connectivity index (χ0n) is 14.0. The maximum absolute atomic E-state index is 12.7. The summed E-state index contributed by atoms with van der Waals surface area (Å²) >= 11 is 0. The smallest absolute Gasteiger partial charge is 0.227 e. The van der Waals surface area contributed by atoms with Crippen molar-refractivity contribution in [2.45, 2.75) is 51.1 Å². The summed E-state index contributed by atoms with van der Waals surface area (Å²) in [7, 11) is 0. The molecule has 2 fully saturated rings. The van der Waals surface area contributed by atoms with Crippen molar-refractivity contribution < 1.29 is 4.79 Å². The van der Waals surface area contributed by atoms with E-state index in [1.807, 2.05) is 0 Å². The number of hydrogen-bond donors (Lipinski definition) is 2. The lowest BCUT2D eigenvalue weighted by molar-refractivity contribution is -0.131. The van der Waals surface area contributed by atoms with Gasteiger partial charge < -0.3 is 11.1 Å². The Labute approximate surface area is 139 Å². The van der Waals surface area contributed by atoms with Crippen molar-refractivity contribution in [1.29, 1.82) is 0 Å². The topological polar surface area (TPSA) is 58.4 Å². The van der Waals surface area contributed by atoms with Crippen LogP contribution in [0.5, 0.6) is 0 Å². The minimum atomic E-state index is -0.290. The molecule has 3 N–H and O–H groups in total. The van der Waals surface area contributed by atoms with Gasteiger partial charge in [-0.05, 0) is 37.8 Å². The minimum absolute atomic E-state index is 0.198. The molecule has 4 nitrogen and oxygen atoms in total. The molecule has 1 unspecified atom stereocenters. The summed E-state index contributed by atoms with van der Waals surface area (Å²) < 4.78 is 0. The number of nitrogens with one attached hydrogen (secondary N) is 1. The van der Waals surface area contributed by atoms with Crippen LogP contribution in [0.2, 0.25) is 0 Å². The summed E-state index contributed by atoms with van der Waals surface area (Å²) in [6.45, 7) is 3.51. The molecule has 0 spiro atoms. The Hall–Kier alpha value is -1.39. The highest BCUT2D eigenvalue weighted by molar-refractivity contribution is 5.83. The lowest BCUT2D eigenvalue weighted by atomic mass is 9.84. The van der Waals surface area contributed by atoms with Crippen LogP contribution < -0.4 is 11.1 Å². The highest BCUT2D eigenvalue weighted by Crippen LogP contribution is 2.37. The summed E-state index contributed by atoms with van der Waals surface area (Å²) in [5.74, 6) is 0.198. The first kappa shape index (κ1) is 16.5. The average molecular weight is 315 g/mol. The van der Waals surface area contributed by atoms with Gasteiger partial charge in [0.25, 0.3) is 0 Å². The monoisotopic (exact) mass is 315 g/mol. The van der Waals surface area contributed by atoms with Gasteiger partial charge in [0.15, 0.2) is 0 Å². The molecule has 23 heavy (non-hydrogen) atoms. The maximum Gasteiger partial charge on any atom is 0.227 e. The van der Waals surface area contributed by atoms with Crippen LogP contribution >= 0.6 is 0 Å². The highest BCUT2D eigenvalue weighted by Gasteiger charge is 2.40. The van der Waals surface area contributed by atoms with Crippen LogP contribution in [0.25, 0.3) is 0 Å². The molecule has 1 atom stereocenters. The van der Waals surface area contributed by atoms with Gasteiger partial charge in [-0.15, -0.1) is 0 Å². The molecule has 4 heteroatoms. The second-order valence-corrected chi connectivity index (χ2v) is 7.22. The van der Waals surface area contributed by atoms with Crippen LogP contribution in [0.4, 0.5) is 0 Å². The molecule has 1 heterocycles. The van der Waals surface area contributed by atoms with Crippen molar-refractivity contribution in [2.75, 3.05) is 19.6 Å². The molecule has 1 aliphatic carbocycles. The number of amides is 1. The Morgan fingerprint density at radius 2 is 1.96 bits per heavy atom. The van der Waals surface area contributed by atoms with Crippen molar-refractivity contribution in [3.8, 4) is 0 Å². The van der Waals surface area contributed by atoms with Gasteiger partial charge in [-0.1, -0.05) is 43.2 Å². The van der Waals surface area contributed by atoms with Crippen LogP contribution in [0.1, 0.15) is 44.1 Å². The number of carbonyl (C=O) groups is 1. The molecule has 3 rings (SSSR count). The van der Waals surface area contributed by atoms with E-state index in [-0.39, 0.29) is 17.4 Å². The number of hydrogen-bond acceptors (Lipinski definition) is 3. The fourth-order valence-corrected chi connectivity index (χ4v) is 4.07. The molecule has 2 aliphatic rings. The second kappa shape index (κ2) is 7.45. The molecule has 1 saturated carbocycles. The standard InChI is InChI=1S/C19H29N3O/c20-15-19(10-4-5-11-19)18(23)21-17-9-6-12-22(14-17)13-16-7-2-1-3-8-16/h1-3,7-8,17H,4-6,9-15,20H2,(H,21,23). The average Bonchev–Trinajstić information content (AvgIpc) is 3.06. The van der Waals surface area contributed by atoms with Crippen molar-refractivity contribution in [3.63, 3.8) is 0 Å². The van der Waals surface area contributed by atoms with E-state index in [0.717, 1.165) is 58.2 Å². The molecule has 1 aromatic rings. The number of nitrogens with zero attached hydrogens (tertiary/aromatic N) is 1. The third kappa shape index (κ3) is 3.93. The Bertz CT molecular complexity index is 511. The summed E-state index contributed by atoms with van der Waals surface area (Å²) in [5.41, 5.74) is 6.98. The Morgan fingerprint density at radius 3 is 2.65 bits per heavy atom. The molecule has 1 aliphatic heterocycles. The van der Waals surface area contributed by atoms with Crippen LogP contribution in [-0.2, 0) is 11.3 Å². The van der Waals surface area contributed by atoms with Gasteiger partial charge in [0, 0.05) is 25.7 Å². The van der Waals surface area contributed by atoms with E-state index in [1.54, 1.807) is 0 Å². The van der Waals surface area contributed by atoms with E-state index in [4.69, 9.17) is 5.73 Å². The zero-order chi connectivity index (χ0) is 16.1. The van der Waals surface area contributed by atoms with E-state index in [0.29, 0.717) is 6.54 Å². The Balaban J connectivity index is 1.55. The summed E-state index contributed by atoms with van der Waals surface area (Å²) in [6, 6.07) is 10.8. The van der Waals surface area contributed by atoms with Gasteiger partial charge >= 0.3 is 0 Å². The first-order valence-corrected chi connectivity index (χ1v) is 8.99. The lowest BCUT2D eigenvalue weighted by Crippen LogP contribution is -2.52. The van der Waals surface area contributed by atoms with E-state index in [2.05, 4.69) is 40.5 Å². The quantitative estimate of drug-likeness (QED) is 0.876. The molecule has 126 valence electrons. The van der Waals surface area contributed by atoms with E-state index < -0.39 is 0 Å². The summed E-state index contributed by atoms with van der Waals surface area (Å²) in [5, 5.41) is 3.31. The number of likely N-dealkylation sites (tertiary alicyclic amines) is 1. The Morgan fingerprint density at radius 1 is 1.22 bits per heavy atom. The summed E-state index contributed by atoms with van der Waals surface area (Å²) in [4.78, 5) is 15.2. The zero-order valence-corrected chi connectivity index (χ0v) is 14.0. The fourth-order valence-electron chi connectivity index (χ4n) is 4.07. The first-order valence-electron chi connectivity index (χ1n) is 8.99. The predicted molar refractivity (Wildman–Crippen MR) is 92.8 cm³/mol. The van der Waals surface area contributed by atoms with Gasteiger partial charge in [0.05, 0.1) is 5.41 Å². The highest BCUT2D eigenvalue weighted by atomic mass is 16.2. The number of piperidine rings is 1. The molecule has 0 aromatic heterocycles. The lowest BCUT2D eigenvalue weighted by Gasteiger charge is -2.35. The van der Waals surface area contributed by atoms with Gasteiger partial charge in [-0.2, -0.15) is 0 Å². The third-order valence-electron chi connectivity index (χ3n) is 5.52.